The second-order valence-corrected chi connectivity index (χ2v) is 4.11. The standard InChI is InChI=1S/C12H14O2/c1-7-5-9-10(13)4-3-8(2)12(9)11(14)6-7/h5-6,8,14H,3-4H2,1-2H3. The monoisotopic (exact) mass is 190 g/mol. The van der Waals surface area contributed by atoms with Crippen LogP contribution in [0.5, 0.6) is 5.75 Å². The Morgan fingerprint density at radius 1 is 1.43 bits per heavy atom. The molecule has 0 amide bonds. The average Bonchev–Trinajstić information content (AvgIpc) is 2.10. The number of aryl methyl sites for hydroxylation is 1. The number of hydrogen-bond donors (Lipinski definition) is 1. The largest absolute Gasteiger partial charge is 0.508 e. The zero-order valence-electron chi connectivity index (χ0n) is 8.50. The zero-order valence-corrected chi connectivity index (χ0v) is 8.50. The van der Waals surface area contributed by atoms with E-state index in [0.717, 1.165) is 23.1 Å². The molecule has 0 bridgehead atoms. The molecule has 1 aromatic rings. The number of fused-ring (bicyclic) bond motifs is 1. The maximum atomic E-state index is 11.6. The van der Waals surface area contributed by atoms with E-state index in [0.29, 0.717) is 12.3 Å². The molecule has 0 heterocycles. The molecule has 0 aliphatic heterocycles. The van der Waals surface area contributed by atoms with Gasteiger partial charge in [0.1, 0.15) is 5.75 Å². The molecular formula is C12H14O2. The van der Waals surface area contributed by atoms with E-state index in [4.69, 9.17) is 0 Å². The van der Waals surface area contributed by atoms with E-state index in [9.17, 15) is 9.90 Å². The third-order valence-corrected chi connectivity index (χ3v) is 2.90. The molecule has 2 nitrogen and oxygen atoms in total. The lowest BCUT2D eigenvalue weighted by atomic mass is 9.82. The Morgan fingerprint density at radius 2 is 2.14 bits per heavy atom. The van der Waals surface area contributed by atoms with Crippen LogP contribution in [-0.2, 0) is 0 Å². The minimum absolute atomic E-state index is 0.164. The maximum Gasteiger partial charge on any atom is 0.163 e. The summed E-state index contributed by atoms with van der Waals surface area (Å²) >= 11 is 0. The van der Waals surface area contributed by atoms with Crippen molar-refractivity contribution in [3.8, 4) is 5.75 Å². The first-order valence-corrected chi connectivity index (χ1v) is 4.96. The summed E-state index contributed by atoms with van der Waals surface area (Å²) in [5, 5.41) is 9.77. The van der Waals surface area contributed by atoms with Gasteiger partial charge in [-0.3, -0.25) is 4.79 Å². The van der Waals surface area contributed by atoms with E-state index in [-0.39, 0.29) is 11.5 Å². The summed E-state index contributed by atoms with van der Waals surface area (Å²) in [6, 6.07) is 3.61. The number of carbonyl (C=O) groups is 1. The smallest absolute Gasteiger partial charge is 0.163 e. The highest BCUT2D eigenvalue weighted by molar-refractivity contribution is 5.99. The second kappa shape index (κ2) is 3.12. The number of ketones is 1. The molecule has 0 saturated carbocycles. The highest BCUT2D eigenvalue weighted by Gasteiger charge is 2.25. The van der Waals surface area contributed by atoms with Crippen molar-refractivity contribution in [3.63, 3.8) is 0 Å². The predicted molar refractivity (Wildman–Crippen MR) is 54.8 cm³/mol. The van der Waals surface area contributed by atoms with Crippen LogP contribution in [0.25, 0.3) is 0 Å². The molecule has 1 aliphatic rings. The van der Waals surface area contributed by atoms with Crippen LogP contribution in [0, 0.1) is 6.92 Å². The van der Waals surface area contributed by atoms with Crippen molar-refractivity contribution in [2.24, 2.45) is 0 Å². The van der Waals surface area contributed by atoms with Crippen LogP contribution in [-0.4, -0.2) is 10.9 Å². The number of benzene rings is 1. The fraction of sp³-hybridized carbons (Fsp3) is 0.417. The molecule has 0 spiro atoms. The Hall–Kier alpha value is -1.31. The van der Waals surface area contributed by atoms with Gasteiger partial charge >= 0.3 is 0 Å². The molecule has 0 aromatic heterocycles. The first-order valence-electron chi connectivity index (χ1n) is 4.96. The van der Waals surface area contributed by atoms with Gasteiger partial charge in [-0.15, -0.1) is 0 Å². The lowest BCUT2D eigenvalue weighted by Gasteiger charge is -2.22. The molecule has 2 heteroatoms. The van der Waals surface area contributed by atoms with E-state index in [1.807, 2.05) is 13.0 Å². The normalized spacial score (nSPS) is 20.7. The van der Waals surface area contributed by atoms with Gasteiger partial charge in [-0.25, -0.2) is 0 Å². The molecule has 74 valence electrons. The Balaban J connectivity index is 2.66. The fourth-order valence-corrected chi connectivity index (χ4v) is 2.15. The summed E-state index contributed by atoms with van der Waals surface area (Å²) in [6.45, 7) is 3.95. The number of carbonyl (C=O) groups excluding carboxylic acids is 1. The van der Waals surface area contributed by atoms with Gasteiger partial charge in [-0.2, -0.15) is 0 Å². The molecule has 1 unspecified atom stereocenters. The van der Waals surface area contributed by atoms with E-state index >= 15 is 0 Å². The number of rotatable bonds is 0. The van der Waals surface area contributed by atoms with Gasteiger partial charge in [0.15, 0.2) is 5.78 Å². The van der Waals surface area contributed by atoms with E-state index in [2.05, 4.69) is 6.92 Å². The van der Waals surface area contributed by atoms with Gasteiger partial charge in [-0.05, 0) is 37.0 Å². The summed E-state index contributed by atoms with van der Waals surface area (Å²) in [7, 11) is 0. The van der Waals surface area contributed by atoms with Gasteiger partial charge < -0.3 is 5.11 Å². The first-order chi connectivity index (χ1) is 6.59. The molecule has 0 saturated heterocycles. The van der Waals surface area contributed by atoms with Crippen molar-refractivity contribution < 1.29 is 9.90 Å². The number of Topliss-reactive ketones (excluding diaryl/α,β-unsaturated/α-hetero) is 1. The number of phenols is 1. The predicted octanol–water partition coefficient (Wildman–Crippen LogP) is 2.78. The summed E-state index contributed by atoms with van der Waals surface area (Å²) in [4.78, 5) is 11.6. The molecule has 0 radical (unpaired) electrons. The van der Waals surface area contributed by atoms with Crippen molar-refractivity contribution in [3.05, 3.63) is 28.8 Å². The van der Waals surface area contributed by atoms with Gasteiger partial charge in [-0.1, -0.05) is 6.92 Å². The summed E-state index contributed by atoms with van der Waals surface area (Å²) in [5.41, 5.74) is 2.51. The Morgan fingerprint density at radius 3 is 2.86 bits per heavy atom. The zero-order chi connectivity index (χ0) is 10.3. The molecule has 1 atom stereocenters. The van der Waals surface area contributed by atoms with Crippen LogP contribution in [0.2, 0.25) is 0 Å². The third kappa shape index (κ3) is 1.31. The first kappa shape index (κ1) is 9.25. The summed E-state index contributed by atoms with van der Waals surface area (Å²) in [5.74, 6) is 0.737. The minimum atomic E-state index is 0.164. The number of hydrogen-bond acceptors (Lipinski definition) is 2. The van der Waals surface area contributed by atoms with Gasteiger partial charge in [0.2, 0.25) is 0 Å². The molecular weight excluding hydrogens is 176 g/mol. The minimum Gasteiger partial charge on any atom is -0.508 e. The van der Waals surface area contributed by atoms with Crippen LogP contribution < -0.4 is 0 Å². The van der Waals surface area contributed by atoms with Crippen LogP contribution in [0.4, 0.5) is 0 Å². The van der Waals surface area contributed by atoms with Gasteiger partial charge in [0.05, 0.1) is 0 Å². The van der Waals surface area contributed by atoms with Crippen LogP contribution >= 0.6 is 0 Å². The molecule has 1 aliphatic carbocycles. The van der Waals surface area contributed by atoms with Crippen LogP contribution in [0.3, 0.4) is 0 Å². The van der Waals surface area contributed by atoms with E-state index in [1.54, 1.807) is 6.07 Å². The Labute approximate surface area is 83.6 Å². The maximum absolute atomic E-state index is 11.6. The lowest BCUT2D eigenvalue weighted by Crippen LogP contribution is -2.14. The third-order valence-electron chi connectivity index (χ3n) is 2.90. The van der Waals surface area contributed by atoms with Crippen LogP contribution in [0.15, 0.2) is 12.1 Å². The Kier molecular flexibility index (Phi) is 2.06. The topological polar surface area (TPSA) is 37.3 Å². The Bertz CT molecular complexity index is 394. The SMILES string of the molecule is Cc1cc(O)c2c(c1)C(=O)CCC2C. The van der Waals surface area contributed by atoms with Crippen LogP contribution in [0.1, 0.15) is 47.2 Å². The van der Waals surface area contributed by atoms with Crippen molar-refractivity contribution in [2.45, 2.75) is 32.6 Å². The molecule has 1 N–H and O–H groups in total. The number of aromatic hydroxyl groups is 1. The van der Waals surface area contributed by atoms with Gasteiger partial charge in [0.25, 0.3) is 0 Å². The summed E-state index contributed by atoms with van der Waals surface area (Å²) in [6.07, 6.45) is 1.46. The highest BCUT2D eigenvalue weighted by Crippen LogP contribution is 2.37. The van der Waals surface area contributed by atoms with Crippen molar-refractivity contribution in [1.82, 2.24) is 0 Å². The molecule has 0 fully saturated rings. The van der Waals surface area contributed by atoms with Crippen molar-refractivity contribution in [1.29, 1.82) is 0 Å². The molecule has 14 heavy (non-hydrogen) atoms. The van der Waals surface area contributed by atoms with Gasteiger partial charge in [0, 0.05) is 17.5 Å². The number of phenolic OH excluding ortho intramolecular Hbond substituents is 1. The van der Waals surface area contributed by atoms with Crippen molar-refractivity contribution >= 4 is 5.78 Å². The van der Waals surface area contributed by atoms with E-state index in [1.165, 1.54) is 0 Å². The molecule has 2 rings (SSSR count). The van der Waals surface area contributed by atoms with Crippen molar-refractivity contribution in [2.75, 3.05) is 0 Å². The lowest BCUT2D eigenvalue weighted by molar-refractivity contribution is 0.0967. The van der Waals surface area contributed by atoms with E-state index < -0.39 is 0 Å². The summed E-state index contributed by atoms with van der Waals surface area (Å²) < 4.78 is 0. The average molecular weight is 190 g/mol. The fourth-order valence-electron chi connectivity index (χ4n) is 2.15. The second-order valence-electron chi connectivity index (χ2n) is 4.11. The highest BCUT2D eigenvalue weighted by atomic mass is 16.3. The quantitative estimate of drug-likeness (QED) is 0.683. The molecule has 1 aromatic carbocycles.